The van der Waals surface area contributed by atoms with Gasteiger partial charge in [-0.3, -0.25) is 0 Å². The lowest BCUT2D eigenvalue weighted by atomic mass is 10.1. The zero-order valence-corrected chi connectivity index (χ0v) is 13.8. The summed E-state index contributed by atoms with van der Waals surface area (Å²) in [4.78, 5) is 2.39. The molecule has 19 heavy (non-hydrogen) atoms. The van der Waals surface area contributed by atoms with Gasteiger partial charge in [-0.15, -0.1) is 0 Å². The fraction of sp³-hybridized carbons (Fsp3) is 0.625. The van der Waals surface area contributed by atoms with Crippen LogP contribution in [0.5, 0.6) is 0 Å². The summed E-state index contributed by atoms with van der Waals surface area (Å²) in [6, 6.07) is 7.40. The number of thioether (sulfide) groups is 1. The quantitative estimate of drug-likeness (QED) is 0.782. The highest BCUT2D eigenvalue weighted by molar-refractivity contribution is 7.98. The average Bonchev–Trinajstić information content (AvgIpc) is 2.42. The maximum Gasteiger partial charge on any atom is 0.0368 e. The molecule has 2 nitrogen and oxygen atoms in total. The first-order valence-corrected chi connectivity index (χ1v) is 8.51. The van der Waals surface area contributed by atoms with E-state index in [-0.39, 0.29) is 0 Å². The minimum absolute atomic E-state index is 0.589. The van der Waals surface area contributed by atoms with Crippen LogP contribution in [0.25, 0.3) is 0 Å². The van der Waals surface area contributed by atoms with Crippen LogP contribution in [0, 0.1) is 6.92 Å². The highest BCUT2D eigenvalue weighted by atomic mass is 32.2. The standard InChI is InChI=1S/C16H28N2S/c1-6-17-12-15-7-8-16(11-13(15)2)18(4)14(3)9-10-19-5/h7-8,11,14,17H,6,9-10,12H2,1-5H3. The first-order chi connectivity index (χ1) is 9.10. The van der Waals surface area contributed by atoms with Crippen molar-refractivity contribution in [2.24, 2.45) is 0 Å². The summed E-state index contributed by atoms with van der Waals surface area (Å²) in [5, 5.41) is 3.39. The van der Waals surface area contributed by atoms with Crippen LogP contribution in [-0.4, -0.2) is 31.6 Å². The second-order valence-electron chi connectivity index (χ2n) is 5.13. The normalized spacial score (nSPS) is 12.5. The van der Waals surface area contributed by atoms with Gasteiger partial charge < -0.3 is 10.2 Å². The summed E-state index contributed by atoms with van der Waals surface area (Å²) in [6.07, 6.45) is 3.41. The lowest BCUT2D eigenvalue weighted by Gasteiger charge is -2.27. The van der Waals surface area contributed by atoms with Crippen molar-refractivity contribution in [3.05, 3.63) is 29.3 Å². The van der Waals surface area contributed by atoms with E-state index in [4.69, 9.17) is 0 Å². The van der Waals surface area contributed by atoms with Gasteiger partial charge in [-0.05, 0) is 62.1 Å². The molecule has 0 fully saturated rings. The zero-order chi connectivity index (χ0) is 14.3. The molecule has 0 radical (unpaired) electrons. The van der Waals surface area contributed by atoms with E-state index in [1.54, 1.807) is 0 Å². The van der Waals surface area contributed by atoms with Gasteiger partial charge in [0.2, 0.25) is 0 Å². The van der Waals surface area contributed by atoms with Crippen LogP contribution in [0.4, 0.5) is 5.69 Å². The summed E-state index contributed by atoms with van der Waals surface area (Å²) >= 11 is 1.92. The van der Waals surface area contributed by atoms with Crippen LogP contribution in [0.1, 0.15) is 31.4 Å². The summed E-state index contributed by atoms with van der Waals surface area (Å²) in [5.74, 6) is 1.23. The zero-order valence-electron chi connectivity index (χ0n) is 13.0. The van der Waals surface area contributed by atoms with E-state index in [1.165, 1.54) is 29.0 Å². The smallest absolute Gasteiger partial charge is 0.0368 e. The Kier molecular flexibility index (Phi) is 7.32. The number of hydrogen-bond acceptors (Lipinski definition) is 3. The third-order valence-electron chi connectivity index (χ3n) is 3.70. The molecule has 0 aliphatic heterocycles. The summed E-state index contributed by atoms with van der Waals surface area (Å²) in [6.45, 7) is 8.64. The Bertz CT molecular complexity index is 379. The van der Waals surface area contributed by atoms with E-state index in [9.17, 15) is 0 Å². The monoisotopic (exact) mass is 280 g/mol. The minimum atomic E-state index is 0.589. The third-order valence-corrected chi connectivity index (χ3v) is 4.34. The Morgan fingerprint density at radius 3 is 2.68 bits per heavy atom. The van der Waals surface area contributed by atoms with Gasteiger partial charge in [0.25, 0.3) is 0 Å². The average molecular weight is 280 g/mol. The minimum Gasteiger partial charge on any atom is -0.372 e. The van der Waals surface area contributed by atoms with Crippen LogP contribution < -0.4 is 10.2 Å². The molecule has 1 rings (SSSR count). The molecule has 1 aromatic carbocycles. The number of aryl methyl sites for hydroxylation is 1. The summed E-state index contributed by atoms with van der Waals surface area (Å²) < 4.78 is 0. The Hall–Kier alpha value is -0.670. The van der Waals surface area contributed by atoms with Gasteiger partial charge in [-0.1, -0.05) is 13.0 Å². The summed E-state index contributed by atoms with van der Waals surface area (Å²) in [7, 11) is 2.20. The van der Waals surface area contributed by atoms with E-state index in [1.807, 2.05) is 11.8 Å². The van der Waals surface area contributed by atoms with Crippen molar-refractivity contribution in [3.63, 3.8) is 0 Å². The van der Waals surface area contributed by atoms with Crippen molar-refractivity contribution in [2.75, 3.05) is 30.5 Å². The van der Waals surface area contributed by atoms with Crippen LogP contribution >= 0.6 is 11.8 Å². The number of anilines is 1. The molecule has 0 saturated carbocycles. The van der Waals surface area contributed by atoms with Gasteiger partial charge >= 0.3 is 0 Å². The Labute approximate surface area is 123 Å². The molecular weight excluding hydrogens is 252 g/mol. The second kappa shape index (κ2) is 8.49. The molecule has 0 amide bonds. The molecule has 1 N–H and O–H groups in total. The first kappa shape index (κ1) is 16.4. The number of hydrogen-bond donors (Lipinski definition) is 1. The highest BCUT2D eigenvalue weighted by Gasteiger charge is 2.10. The molecular formula is C16H28N2S. The van der Waals surface area contributed by atoms with E-state index in [2.05, 4.69) is 62.5 Å². The van der Waals surface area contributed by atoms with E-state index in [0.29, 0.717) is 6.04 Å². The lowest BCUT2D eigenvalue weighted by molar-refractivity contribution is 0.668. The number of rotatable bonds is 8. The summed E-state index contributed by atoms with van der Waals surface area (Å²) in [5.41, 5.74) is 4.10. The number of nitrogens with zero attached hydrogens (tertiary/aromatic N) is 1. The lowest BCUT2D eigenvalue weighted by Crippen LogP contribution is -2.29. The predicted octanol–water partition coefficient (Wildman–Crippen LogP) is 3.68. The second-order valence-corrected chi connectivity index (χ2v) is 6.12. The van der Waals surface area contributed by atoms with Crippen LogP contribution in [0.2, 0.25) is 0 Å². The van der Waals surface area contributed by atoms with Gasteiger partial charge in [0.1, 0.15) is 0 Å². The third kappa shape index (κ3) is 5.07. The molecule has 108 valence electrons. The Balaban J connectivity index is 2.70. The fourth-order valence-corrected chi connectivity index (χ4v) is 2.67. The predicted molar refractivity (Wildman–Crippen MR) is 89.4 cm³/mol. The topological polar surface area (TPSA) is 15.3 Å². The molecule has 0 bridgehead atoms. The van der Waals surface area contributed by atoms with Gasteiger partial charge in [0, 0.05) is 25.3 Å². The molecule has 3 heteroatoms. The van der Waals surface area contributed by atoms with Gasteiger partial charge in [0.15, 0.2) is 0 Å². The van der Waals surface area contributed by atoms with Crippen molar-refractivity contribution >= 4 is 17.4 Å². The molecule has 1 unspecified atom stereocenters. The van der Waals surface area contributed by atoms with Crippen molar-refractivity contribution in [2.45, 2.75) is 39.8 Å². The molecule has 1 aromatic rings. The van der Waals surface area contributed by atoms with Gasteiger partial charge in [-0.2, -0.15) is 11.8 Å². The first-order valence-electron chi connectivity index (χ1n) is 7.12. The molecule has 1 atom stereocenters. The number of nitrogens with one attached hydrogen (secondary N) is 1. The van der Waals surface area contributed by atoms with Crippen LogP contribution in [0.3, 0.4) is 0 Å². The van der Waals surface area contributed by atoms with Gasteiger partial charge in [-0.25, -0.2) is 0 Å². The van der Waals surface area contributed by atoms with Crippen molar-refractivity contribution in [3.8, 4) is 0 Å². The van der Waals surface area contributed by atoms with Crippen LogP contribution in [0.15, 0.2) is 18.2 Å². The highest BCUT2D eigenvalue weighted by Crippen LogP contribution is 2.21. The molecule has 0 spiro atoms. The molecule has 0 aliphatic rings. The molecule has 0 saturated heterocycles. The van der Waals surface area contributed by atoms with Crippen molar-refractivity contribution in [1.82, 2.24) is 5.32 Å². The maximum atomic E-state index is 3.39. The Morgan fingerprint density at radius 1 is 1.37 bits per heavy atom. The fourth-order valence-electron chi connectivity index (χ4n) is 2.09. The van der Waals surface area contributed by atoms with E-state index in [0.717, 1.165) is 13.1 Å². The van der Waals surface area contributed by atoms with E-state index < -0.39 is 0 Å². The van der Waals surface area contributed by atoms with Crippen LogP contribution in [-0.2, 0) is 6.54 Å². The van der Waals surface area contributed by atoms with Crippen molar-refractivity contribution < 1.29 is 0 Å². The van der Waals surface area contributed by atoms with E-state index >= 15 is 0 Å². The van der Waals surface area contributed by atoms with Gasteiger partial charge in [0.05, 0.1) is 0 Å². The number of benzene rings is 1. The Morgan fingerprint density at radius 2 is 2.11 bits per heavy atom. The molecule has 0 aromatic heterocycles. The SMILES string of the molecule is CCNCc1ccc(N(C)C(C)CCSC)cc1C. The largest absolute Gasteiger partial charge is 0.372 e. The van der Waals surface area contributed by atoms with Crippen molar-refractivity contribution in [1.29, 1.82) is 0 Å². The maximum absolute atomic E-state index is 3.39. The molecule has 0 aliphatic carbocycles. The molecule has 0 heterocycles.